The van der Waals surface area contributed by atoms with E-state index in [1.165, 1.54) is 0 Å². The van der Waals surface area contributed by atoms with Gasteiger partial charge in [-0.15, -0.1) is 0 Å². The van der Waals surface area contributed by atoms with E-state index in [1.54, 1.807) is 6.07 Å². The van der Waals surface area contributed by atoms with Crippen LogP contribution < -0.4 is 5.73 Å². The molecule has 118 valence electrons. The fraction of sp³-hybridized carbons (Fsp3) is 0.429. The summed E-state index contributed by atoms with van der Waals surface area (Å²) in [4.78, 5) is 6.13. The number of aliphatic hydroxyl groups is 1. The maximum absolute atomic E-state index is 10.4. The van der Waals surface area contributed by atoms with E-state index in [0.717, 1.165) is 11.1 Å². The lowest BCUT2D eigenvalue weighted by molar-refractivity contribution is 0.0707. The molecule has 2 aromatic rings. The number of rotatable bonds is 4. The summed E-state index contributed by atoms with van der Waals surface area (Å²) in [7, 11) is 1.89. The highest BCUT2D eigenvalue weighted by Gasteiger charge is 2.36. The van der Waals surface area contributed by atoms with Crippen molar-refractivity contribution in [2.75, 3.05) is 7.05 Å². The number of likely N-dealkylation sites (N-methyl/N-ethyl adjacent to an activating group) is 1. The predicted molar refractivity (Wildman–Crippen MR) is 82.6 cm³/mol. The highest BCUT2D eigenvalue weighted by Crippen LogP contribution is 2.41. The number of aromatic nitrogens is 2. The number of benzene rings is 1. The van der Waals surface area contributed by atoms with Gasteiger partial charge in [0.1, 0.15) is 0 Å². The number of fused-ring (bicyclic) bond motifs is 1. The van der Waals surface area contributed by atoms with E-state index in [4.69, 9.17) is 33.5 Å². The number of aliphatic hydroxyl groups excluding tert-OH is 1. The molecule has 8 heteroatoms. The van der Waals surface area contributed by atoms with Gasteiger partial charge in [-0.25, -0.2) is 0 Å². The summed E-state index contributed by atoms with van der Waals surface area (Å²) in [5, 5.41) is 15.4. The second-order valence-electron chi connectivity index (χ2n) is 5.40. The number of halogens is 2. The molecule has 3 N–H and O–H groups in total. The minimum atomic E-state index is -0.558. The first kappa shape index (κ1) is 15.7. The molecule has 1 heterocycles. The molecule has 0 saturated heterocycles. The third-order valence-corrected chi connectivity index (χ3v) is 4.40. The molecule has 1 aliphatic carbocycles. The summed E-state index contributed by atoms with van der Waals surface area (Å²) < 4.78 is 4.99. The zero-order chi connectivity index (χ0) is 15.9. The van der Waals surface area contributed by atoms with Crippen LogP contribution in [-0.2, 0) is 19.5 Å². The van der Waals surface area contributed by atoms with Gasteiger partial charge in [0.25, 0.3) is 0 Å². The van der Waals surface area contributed by atoms with Gasteiger partial charge >= 0.3 is 0 Å². The first-order valence-electron chi connectivity index (χ1n) is 6.87. The second kappa shape index (κ2) is 6.14. The summed E-state index contributed by atoms with van der Waals surface area (Å²) in [5.74, 6) is 0.915. The average Bonchev–Trinajstić information content (AvgIpc) is 3.02. The molecule has 0 fully saturated rings. The molecule has 1 aromatic heterocycles. The zero-order valence-corrected chi connectivity index (χ0v) is 13.5. The van der Waals surface area contributed by atoms with E-state index in [2.05, 4.69) is 10.1 Å². The van der Waals surface area contributed by atoms with Crippen molar-refractivity contribution in [3.8, 4) is 0 Å². The molecule has 22 heavy (non-hydrogen) atoms. The van der Waals surface area contributed by atoms with E-state index in [0.29, 0.717) is 34.7 Å². The van der Waals surface area contributed by atoms with E-state index in [9.17, 15) is 5.11 Å². The van der Waals surface area contributed by atoms with Crippen LogP contribution in [0, 0.1) is 0 Å². The van der Waals surface area contributed by atoms with Gasteiger partial charge in [0.15, 0.2) is 5.82 Å². The van der Waals surface area contributed by atoms with Crippen LogP contribution in [0.2, 0.25) is 10.0 Å². The maximum atomic E-state index is 10.4. The van der Waals surface area contributed by atoms with E-state index < -0.39 is 6.10 Å². The molecule has 2 atom stereocenters. The molecule has 0 radical (unpaired) electrons. The van der Waals surface area contributed by atoms with Gasteiger partial charge in [-0.2, -0.15) is 4.98 Å². The predicted octanol–water partition coefficient (Wildman–Crippen LogP) is 1.93. The molecular formula is C14H16Cl2N4O2. The van der Waals surface area contributed by atoms with Crippen molar-refractivity contribution in [1.82, 2.24) is 15.0 Å². The standard InChI is InChI=1S/C14H16Cl2N4O2/c1-20(6-12-18-13(5-17)22-19-12)14-9-2-7(15)3-10(16)8(9)4-11(14)21/h2-3,11,14,21H,4-6,17H2,1H3. The molecule has 0 bridgehead atoms. The van der Waals surface area contributed by atoms with Crippen molar-refractivity contribution in [2.24, 2.45) is 5.73 Å². The van der Waals surface area contributed by atoms with Crippen LogP contribution in [0.1, 0.15) is 28.9 Å². The van der Waals surface area contributed by atoms with Crippen LogP contribution in [0.4, 0.5) is 0 Å². The normalized spacial score (nSPS) is 20.6. The Morgan fingerprint density at radius 2 is 2.23 bits per heavy atom. The summed E-state index contributed by atoms with van der Waals surface area (Å²) in [6, 6.07) is 3.33. The van der Waals surface area contributed by atoms with Gasteiger partial charge in [0.05, 0.1) is 25.2 Å². The summed E-state index contributed by atoms with van der Waals surface area (Å²) >= 11 is 12.3. The Bertz CT molecular complexity index is 691. The lowest BCUT2D eigenvalue weighted by atomic mass is 10.1. The fourth-order valence-electron chi connectivity index (χ4n) is 2.92. The van der Waals surface area contributed by atoms with Crippen LogP contribution in [-0.4, -0.2) is 33.3 Å². The zero-order valence-electron chi connectivity index (χ0n) is 12.0. The average molecular weight is 343 g/mol. The maximum Gasteiger partial charge on any atom is 0.240 e. The van der Waals surface area contributed by atoms with Gasteiger partial charge in [-0.3, -0.25) is 4.90 Å². The van der Waals surface area contributed by atoms with Gasteiger partial charge in [-0.05, 0) is 30.3 Å². The molecule has 6 nitrogen and oxygen atoms in total. The van der Waals surface area contributed by atoms with Crippen molar-refractivity contribution >= 4 is 23.2 Å². The number of nitrogens with two attached hydrogens (primary N) is 1. The molecule has 0 spiro atoms. The Kier molecular flexibility index (Phi) is 4.38. The third-order valence-electron chi connectivity index (χ3n) is 3.84. The largest absolute Gasteiger partial charge is 0.391 e. The minimum absolute atomic E-state index is 0.205. The molecule has 3 rings (SSSR count). The topological polar surface area (TPSA) is 88.4 Å². The van der Waals surface area contributed by atoms with Crippen molar-refractivity contribution in [3.63, 3.8) is 0 Å². The Hall–Kier alpha value is -1.18. The molecule has 0 aliphatic heterocycles. The monoisotopic (exact) mass is 342 g/mol. The lowest BCUT2D eigenvalue weighted by Crippen LogP contribution is -2.31. The van der Waals surface area contributed by atoms with Crippen molar-refractivity contribution in [2.45, 2.75) is 31.7 Å². The first-order valence-corrected chi connectivity index (χ1v) is 7.63. The van der Waals surface area contributed by atoms with Crippen LogP contribution in [0.3, 0.4) is 0 Å². The van der Waals surface area contributed by atoms with Crippen LogP contribution in [0.5, 0.6) is 0 Å². The molecular weight excluding hydrogens is 327 g/mol. The molecule has 0 amide bonds. The lowest BCUT2D eigenvalue weighted by Gasteiger charge is -2.26. The van der Waals surface area contributed by atoms with Crippen LogP contribution >= 0.6 is 23.2 Å². The first-order chi connectivity index (χ1) is 10.5. The van der Waals surface area contributed by atoms with Gasteiger partial charge in [-0.1, -0.05) is 28.4 Å². The van der Waals surface area contributed by atoms with Crippen LogP contribution in [0.15, 0.2) is 16.7 Å². The molecule has 0 saturated carbocycles. The highest BCUT2D eigenvalue weighted by molar-refractivity contribution is 6.35. The van der Waals surface area contributed by atoms with Gasteiger partial charge in [0, 0.05) is 16.5 Å². The minimum Gasteiger partial charge on any atom is -0.391 e. The molecule has 1 aromatic carbocycles. The Labute approximate surface area is 137 Å². The number of nitrogens with zero attached hydrogens (tertiary/aromatic N) is 3. The third kappa shape index (κ3) is 2.85. The highest BCUT2D eigenvalue weighted by atomic mass is 35.5. The Morgan fingerprint density at radius 1 is 1.45 bits per heavy atom. The second-order valence-corrected chi connectivity index (χ2v) is 6.24. The summed E-state index contributed by atoms with van der Waals surface area (Å²) in [6.07, 6.45) is -0.0578. The fourth-order valence-corrected chi connectivity index (χ4v) is 3.51. The quantitative estimate of drug-likeness (QED) is 0.882. The molecule has 1 aliphatic rings. The van der Waals surface area contributed by atoms with E-state index in [-0.39, 0.29) is 12.6 Å². The summed E-state index contributed by atoms with van der Waals surface area (Å²) in [5.41, 5.74) is 7.33. The van der Waals surface area contributed by atoms with Crippen molar-refractivity contribution in [1.29, 1.82) is 0 Å². The number of hydrogen-bond acceptors (Lipinski definition) is 6. The summed E-state index contributed by atoms with van der Waals surface area (Å²) in [6.45, 7) is 0.631. The molecule has 2 unspecified atom stereocenters. The smallest absolute Gasteiger partial charge is 0.240 e. The van der Waals surface area contributed by atoms with Gasteiger partial charge < -0.3 is 15.4 Å². The Morgan fingerprint density at radius 3 is 2.91 bits per heavy atom. The number of hydrogen-bond donors (Lipinski definition) is 2. The van der Waals surface area contributed by atoms with Gasteiger partial charge in [0.2, 0.25) is 5.89 Å². The van der Waals surface area contributed by atoms with Crippen molar-refractivity contribution in [3.05, 3.63) is 45.0 Å². The SMILES string of the molecule is CN(Cc1noc(CN)n1)C1c2cc(Cl)cc(Cl)c2CC1O. The Balaban J connectivity index is 1.85. The van der Waals surface area contributed by atoms with E-state index in [1.807, 2.05) is 18.0 Å². The van der Waals surface area contributed by atoms with Crippen LogP contribution in [0.25, 0.3) is 0 Å². The van der Waals surface area contributed by atoms with Crippen molar-refractivity contribution < 1.29 is 9.63 Å². The van der Waals surface area contributed by atoms with E-state index >= 15 is 0 Å².